The quantitative estimate of drug-likeness (QED) is 0.311. The van der Waals surface area contributed by atoms with E-state index in [1.807, 2.05) is 13.8 Å². The monoisotopic (exact) mass is 283 g/mol. The average molecular weight is 283 g/mol. The molecule has 0 saturated heterocycles. The van der Waals surface area contributed by atoms with Crippen LogP contribution in [-0.2, 0) is 0 Å². The van der Waals surface area contributed by atoms with Gasteiger partial charge in [-0.2, -0.15) is 0 Å². The van der Waals surface area contributed by atoms with E-state index in [0.717, 1.165) is 13.0 Å². The summed E-state index contributed by atoms with van der Waals surface area (Å²) in [4.78, 5) is 1.36. The average Bonchev–Trinajstić information content (AvgIpc) is 2.86. The summed E-state index contributed by atoms with van der Waals surface area (Å²) in [5.74, 6) is 0.817. The number of amidine groups is 1. The molecule has 4 N–H and O–H groups in total. The summed E-state index contributed by atoms with van der Waals surface area (Å²) in [5, 5.41) is 17.6. The number of nitrogens with two attached hydrogens (primary N) is 1. The fraction of sp³-hybridized carbons (Fsp3) is 0.643. The van der Waals surface area contributed by atoms with Crippen LogP contribution >= 0.6 is 11.3 Å². The van der Waals surface area contributed by atoms with Gasteiger partial charge in [0.25, 0.3) is 0 Å². The van der Waals surface area contributed by atoms with Crippen LogP contribution in [0.2, 0.25) is 0 Å². The first-order valence-corrected chi connectivity index (χ1v) is 7.51. The van der Waals surface area contributed by atoms with Crippen molar-refractivity contribution in [3.63, 3.8) is 0 Å². The molecule has 1 aromatic heterocycles. The molecule has 0 aliphatic rings. The summed E-state index contributed by atoms with van der Waals surface area (Å²) in [5.41, 5.74) is 5.40. The minimum Gasteiger partial charge on any atom is -0.409 e. The molecule has 0 amide bonds. The maximum atomic E-state index is 8.76. The molecule has 19 heavy (non-hydrogen) atoms. The van der Waals surface area contributed by atoms with Crippen molar-refractivity contribution < 1.29 is 5.21 Å². The molecule has 1 unspecified atom stereocenters. The van der Waals surface area contributed by atoms with Crippen LogP contribution in [0.15, 0.2) is 22.7 Å². The zero-order valence-electron chi connectivity index (χ0n) is 12.2. The molecule has 1 aromatic rings. The molecule has 0 spiro atoms. The zero-order valence-corrected chi connectivity index (χ0v) is 13.0. The molecule has 0 aliphatic heterocycles. The van der Waals surface area contributed by atoms with Gasteiger partial charge in [0, 0.05) is 16.3 Å². The number of hydrogen-bond donors (Lipinski definition) is 3. The Hall–Kier alpha value is -1.07. The van der Waals surface area contributed by atoms with Gasteiger partial charge >= 0.3 is 0 Å². The fourth-order valence-corrected chi connectivity index (χ4v) is 2.91. The van der Waals surface area contributed by atoms with E-state index in [2.05, 4.69) is 41.8 Å². The van der Waals surface area contributed by atoms with Crippen molar-refractivity contribution in [1.29, 1.82) is 0 Å². The molecule has 1 rings (SSSR count). The van der Waals surface area contributed by atoms with Gasteiger partial charge in [0.1, 0.15) is 5.84 Å². The van der Waals surface area contributed by atoms with Crippen LogP contribution in [-0.4, -0.2) is 17.6 Å². The summed E-state index contributed by atoms with van der Waals surface area (Å²) in [7, 11) is 0. The minimum absolute atomic E-state index is 0.284. The van der Waals surface area contributed by atoms with Gasteiger partial charge in [-0.15, -0.1) is 11.3 Å². The molecule has 4 nitrogen and oxygen atoms in total. The lowest BCUT2D eigenvalue weighted by atomic mass is 9.88. The van der Waals surface area contributed by atoms with E-state index in [0.29, 0.717) is 12.0 Å². The summed E-state index contributed by atoms with van der Waals surface area (Å²) in [6.45, 7) is 9.24. The van der Waals surface area contributed by atoms with Crippen molar-refractivity contribution in [2.75, 3.05) is 6.54 Å². The van der Waals surface area contributed by atoms with E-state index in [4.69, 9.17) is 10.9 Å². The second kappa shape index (κ2) is 6.91. The van der Waals surface area contributed by atoms with E-state index in [1.165, 1.54) is 4.88 Å². The molecule has 0 saturated carbocycles. The number of rotatable bonds is 7. The molecular weight excluding hydrogens is 258 g/mol. The predicted molar refractivity (Wildman–Crippen MR) is 81.7 cm³/mol. The van der Waals surface area contributed by atoms with E-state index in [9.17, 15) is 0 Å². The van der Waals surface area contributed by atoms with Gasteiger partial charge in [0.15, 0.2) is 0 Å². The highest BCUT2D eigenvalue weighted by Gasteiger charge is 2.24. The molecule has 5 heteroatoms. The van der Waals surface area contributed by atoms with Crippen molar-refractivity contribution in [3.05, 3.63) is 22.4 Å². The Kier molecular flexibility index (Phi) is 5.82. The molecule has 0 bridgehead atoms. The number of nitrogens with one attached hydrogen (secondary N) is 1. The SMILES string of the molecule is CC(C)C(NCCC(C)(C)C(N)=NO)c1cccs1. The second-order valence-corrected chi connectivity index (χ2v) is 6.79. The standard InChI is InChI=1S/C14H25N3OS/c1-10(2)12(11-6-5-9-19-11)16-8-7-14(3,4)13(15)17-18/h5-6,9-10,12,16,18H,7-8H2,1-4H3,(H2,15,17). The first kappa shape index (κ1) is 16.0. The first-order chi connectivity index (χ1) is 8.88. The van der Waals surface area contributed by atoms with Crippen LogP contribution in [0.25, 0.3) is 0 Å². The highest BCUT2D eigenvalue weighted by Crippen LogP contribution is 2.27. The summed E-state index contributed by atoms with van der Waals surface area (Å²) in [6.07, 6.45) is 0.831. The van der Waals surface area contributed by atoms with Gasteiger partial charge in [-0.25, -0.2) is 0 Å². The van der Waals surface area contributed by atoms with Crippen molar-refractivity contribution in [2.45, 2.75) is 40.2 Å². The predicted octanol–water partition coefficient (Wildman–Crippen LogP) is 3.20. The van der Waals surface area contributed by atoms with Crippen LogP contribution in [0.3, 0.4) is 0 Å². The van der Waals surface area contributed by atoms with Crippen molar-refractivity contribution in [2.24, 2.45) is 22.2 Å². The Morgan fingerprint density at radius 1 is 1.53 bits per heavy atom. The number of nitrogens with zero attached hydrogens (tertiary/aromatic N) is 1. The van der Waals surface area contributed by atoms with Crippen molar-refractivity contribution in [1.82, 2.24) is 5.32 Å². The van der Waals surface area contributed by atoms with E-state index in [1.54, 1.807) is 11.3 Å². The van der Waals surface area contributed by atoms with Crippen LogP contribution in [0, 0.1) is 11.3 Å². The molecule has 0 aliphatic carbocycles. The van der Waals surface area contributed by atoms with E-state index >= 15 is 0 Å². The first-order valence-electron chi connectivity index (χ1n) is 6.63. The largest absolute Gasteiger partial charge is 0.409 e. The third kappa shape index (κ3) is 4.51. The summed E-state index contributed by atoms with van der Waals surface area (Å²) in [6, 6.07) is 4.61. The topological polar surface area (TPSA) is 70.6 Å². The second-order valence-electron chi connectivity index (χ2n) is 5.81. The lowest BCUT2D eigenvalue weighted by molar-refractivity contribution is 0.303. The zero-order chi connectivity index (χ0) is 14.5. The number of thiophene rings is 1. The van der Waals surface area contributed by atoms with Crippen LogP contribution in [0.1, 0.15) is 45.0 Å². The molecule has 1 heterocycles. The maximum Gasteiger partial charge on any atom is 0.144 e. The van der Waals surface area contributed by atoms with Crippen molar-refractivity contribution in [3.8, 4) is 0 Å². The maximum absolute atomic E-state index is 8.76. The van der Waals surface area contributed by atoms with E-state index < -0.39 is 0 Å². The fourth-order valence-electron chi connectivity index (χ4n) is 1.94. The normalized spacial score (nSPS) is 14.9. The Morgan fingerprint density at radius 2 is 2.21 bits per heavy atom. The molecular formula is C14H25N3OS. The Labute approximate surface area is 119 Å². The summed E-state index contributed by atoms with van der Waals surface area (Å²) < 4.78 is 0. The Bertz CT molecular complexity index is 399. The molecule has 1 atom stereocenters. The molecule has 0 radical (unpaired) electrons. The lowest BCUT2D eigenvalue weighted by Gasteiger charge is -2.26. The van der Waals surface area contributed by atoms with Gasteiger partial charge in [-0.3, -0.25) is 0 Å². The van der Waals surface area contributed by atoms with Crippen LogP contribution < -0.4 is 11.1 Å². The lowest BCUT2D eigenvalue weighted by Crippen LogP contribution is -2.36. The van der Waals surface area contributed by atoms with Gasteiger partial charge < -0.3 is 16.3 Å². The molecule has 0 fully saturated rings. The van der Waals surface area contributed by atoms with Crippen LogP contribution in [0.5, 0.6) is 0 Å². The summed E-state index contributed by atoms with van der Waals surface area (Å²) >= 11 is 1.78. The van der Waals surface area contributed by atoms with E-state index in [-0.39, 0.29) is 11.3 Å². The minimum atomic E-state index is -0.293. The highest BCUT2D eigenvalue weighted by atomic mass is 32.1. The van der Waals surface area contributed by atoms with Crippen LogP contribution in [0.4, 0.5) is 0 Å². The third-order valence-corrected chi connectivity index (χ3v) is 4.39. The van der Waals surface area contributed by atoms with Gasteiger partial charge in [-0.1, -0.05) is 38.9 Å². The van der Waals surface area contributed by atoms with Gasteiger partial charge in [0.2, 0.25) is 0 Å². The van der Waals surface area contributed by atoms with Gasteiger partial charge in [-0.05, 0) is 30.3 Å². The number of oxime groups is 1. The van der Waals surface area contributed by atoms with Gasteiger partial charge in [0.05, 0.1) is 0 Å². The highest BCUT2D eigenvalue weighted by molar-refractivity contribution is 7.10. The molecule has 108 valence electrons. The molecule has 0 aromatic carbocycles. The smallest absolute Gasteiger partial charge is 0.144 e. The Balaban J connectivity index is 2.55. The third-order valence-electron chi connectivity index (χ3n) is 3.43. The Morgan fingerprint density at radius 3 is 2.68 bits per heavy atom. The number of hydrogen-bond acceptors (Lipinski definition) is 4. The van der Waals surface area contributed by atoms with Crippen molar-refractivity contribution >= 4 is 17.2 Å².